The molecule has 1 N–H and O–H groups in total. The van der Waals surface area contributed by atoms with Gasteiger partial charge in [0.1, 0.15) is 11.7 Å². The Morgan fingerprint density at radius 2 is 2.00 bits per heavy atom. The lowest BCUT2D eigenvalue weighted by atomic mass is 10.00. The fourth-order valence-corrected chi connectivity index (χ4v) is 2.89. The molecule has 2 aromatic rings. The first-order valence-electron chi connectivity index (χ1n) is 7.04. The van der Waals surface area contributed by atoms with Crippen LogP contribution in [0.25, 0.3) is 0 Å². The molecule has 0 bridgehead atoms. The van der Waals surface area contributed by atoms with Crippen LogP contribution in [0.5, 0.6) is 5.75 Å². The van der Waals surface area contributed by atoms with Crippen molar-refractivity contribution in [1.29, 1.82) is 0 Å². The summed E-state index contributed by atoms with van der Waals surface area (Å²) in [6, 6.07) is 12.2. The molecule has 0 fully saturated rings. The van der Waals surface area contributed by atoms with E-state index in [9.17, 15) is 9.59 Å². The molecule has 1 heterocycles. The van der Waals surface area contributed by atoms with E-state index in [4.69, 9.17) is 16.3 Å². The number of methoxy groups -OCH3 is 1. The summed E-state index contributed by atoms with van der Waals surface area (Å²) < 4.78 is 5.21. The molecule has 5 nitrogen and oxygen atoms in total. The van der Waals surface area contributed by atoms with Crippen LogP contribution in [0.1, 0.15) is 11.5 Å². The summed E-state index contributed by atoms with van der Waals surface area (Å²) in [5, 5.41) is 3.21. The molecule has 23 heavy (non-hydrogen) atoms. The van der Waals surface area contributed by atoms with E-state index in [0.717, 1.165) is 5.69 Å². The number of benzene rings is 2. The number of nitrogens with one attached hydrogen (secondary N) is 1. The number of halogens is 1. The molecular formula is C17H15ClN2O3. The van der Waals surface area contributed by atoms with E-state index in [2.05, 4.69) is 5.32 Å². The lowest BCUT2D eigenvalue weighted by Gasteiger charge is -2.14. The minimum absolute atomic E-state index is 0.260. The molecule has 0 aliphatic carbocycles. The summed E-state index contributed by atoms with van der Waals surface area (Å²) in [6.07, 6.45) is 0. The van der Waals surface area contributed by atoms with Crippen molar-refractivity contribution in [1.82, 2.24) is 0 Å². The third-order valence-corrected chi connectivity index (χ3v) is 4.10. The van der Waals surface area contributed by atoms with Gasteiger partial charge in [0.05, 0.1) is 12.8 Å². The molecule has 0 saturated carbocycles. The molecule has 0 saturated heterocycles. The van der Waals surface area contributed by atoms with E-state index in [-0.39, 0.29) is 5.91 Å². The van der Waals surface area contributed by atoms with Crippen LogP contribution in [0.3, 0.4) is 0 Å². The van der Waals surface area contributed by atoms with E-state index >= 15 is 0 Å². The van der Waals surface area contributed by atoms with Crippen molar-refractivity contribution in [2.45, 2.75) is 5.92 Å². The van der Waals surface area contributed by atoms with Crippen molar-refractivity contribution in [2.75, 3.05) is 24.4 Å². The Balaban J connectivity index is 1.93. The normalized spacial score (nSPS) is 16.2. The molecule has 6 heteroatoms. The summed E-state index contributed by atoms with van der Waals surface area (Å²) in [7, 11) is 3.16. The third kappa shape index (κ3) is 2.64. The number of ether oxygens (including phenoxy) is 1. The molecule has 1 atom stereocenters. The van der Waals surface area contributed by atoms with Gasteiger partial charge in [0.25, 0.3) is 0 Å². The van der Waals surface area contributed by atoms with E-state index in [1.807, 2.05) is 18.2 Å². The summed E-state index contributed by atoms with van der Waals surface area (Å²) in [6.45, 7) is 0. The van der Waals surface area contributed by atoms with Crippen molar-refractivity contribution in [3.8, 4) is 5.75 Å². The number of amides is 2. The average Bonchev–Trinajstić information content (AvgIpc) is 2.79. The number of carbonyl (C=O) groups is 2. The van der Waals surface area contributed by atoms with Gasteiger partial charge in [-0.05, 0) is 29.8 Å². The smallest absolute Gasteiger partial charge is 0.243 e. The van der Waals surface area contributed by atoms with Crippen molar-refractivity contribution in [2.24, 2.45) is 0 Å². The maximum absolute atomic E-state index is 12.7. The molecule has 3 rings (SSSR count). The van der Waals surface area contributed by atoms with Gasteiger partial charge in [-0.1, -0.05) is 29.8 Å². The lowest BCUT2D eigenvalue weighted by molar-refractivity contribution is -0.126. The summed E-state index contributed by atoms with van der Waals surface area (Å²) >= 11 is 5.97. The van der Waals surface area contributed by atoms with Gasteiger partial charge in [-0.15, -0.1) is 0 Å². The predicted molar refractivity (Wildman–Crippen MR) is 89.2 cm³/mol. The largest absolute Gasteiger partial charge is 0.495 e. The zero-order valence-electron chi connectivity index (χ0n) is 12.7. The highest BCUT2D eigenvalue weighted by atomic mass is 35.5. The topological polar surface area (TPSA) is 58.6 Å². The maximum Gasteiger partial charge on any atom is 0.243 e. The highest BCUT2D eigenvalue weighted by molar-refractivity contribution is 6.31. The molecule has 1 aliphatic heterocycles. The van der Waals surface area contributed by atoms with E-state index < -0.39 is 11.8 Å². The van der Waals surface area contributed by atoms with Crippen LogP contribution >= 0.6 is 11.6 Å². The Hall–Kier alpha value is -2.53. The first-order valence-corrected chi connectivity index (χ1v) is 7.41. The van der Waals surface area contributed by atoms with Gasteiger partial charge in [-0.2, -0.15) is 0 Å². The van der Waals surface area contributed by atoms with Crippen LogP contribution in [0.2, 0.25) is 5.02 Å². The van der Waals surface area contributed by atoms with Gasteiger partial charge in [-0.3, -0.25) is 9.59 Å². The Kier molecular flexibility index (Phi) is 3.96. The molecule has 1 unspecified atom stereocenters. The highest BCUT2D eigenvalue weighted by Gasteiger charge is 2.40. The number of nitrogens with zero attached hydrogens (tertiary/aromatic N) is 1. The minimum Gasteiger partial charge on any atom is -0.495 e. The van der Waals surface area contributed by atoms with Gasteiger partial charge >= 0.3 is 0 Å². The Bertz CT molecular complexity index is 791. The minimum atomic E-state index is -0.875. The third-order valence-electron chi connectivity index (χ3n) is 3.87. The number of fused-ring (bicyclic) bond motifs is 1. The standard InChI is InChI=1S/C17H15ClN2O3/c1-20-13-6-4-3-5-11(13)15(17(20)22)16(21)19-12-9-10(18)7-8-14(12)23-2/h3-9,15H,1-2H3,(H,19,21). The van der Waals surface area contributed by atoms with E-state index in [1.54, 1.807) is 31.3 Å². The summed E-state index contributed by atoms with van der Waals surface area (Å²) in [4.78, 5) is 26.6. The molecule has 0 spiro atoms. The van der Waals surface area contributed by atoms with Crippen molar-refractivity contribution < 1.29 is 14.3 Å². The number of hydrogen-bond donors (Lipinski definition) is 1. The van der Waals surface area contributed by atoms with Crippen molar-refractivity contribution in [3.63, 3.8) is 0 Å². The van der Waals surface area contributed by atoms with Gasteiger partial charge in [0.15, 0.2) is 0 Å². The Morgan fingerprint density at radius 3 is 2.74 bits per heavy atom. The second-order valence-corrected chi connectivity index (χ2v) is 5.66. The number of rotatable bonds is 3. The van der Waals surface area contributed by atoms with Crippen LogP contribution in [0, 0.1) is 0 Å². The fourth-order valence-electron chi connectivity index (χ4n) is 2.72. The maximum atomic E-state index is 12.7. The van der Waals surface area contributed by atoms with Gasteiger partial charge in [0.2, 0.25) is 11.8 Å². The summed E-state index contributed by atoms with van der Waals surface area (Å²) in [5.74, 6) is -1.06. The predicted octanol–water partition coefficient (Wildman–Crippen LogP) is 3.05. The van der Waals surface area contributed by atoms with Gasteiger partial charge < -0.3 is 15.0 Å². The second kappa shape index (κ2) is 5.93. The molecule has 0 aromatic heterocycles. The molecule has 0 radical (unpaired) electrons. The van der Waals surface area contributed by atoms with Crippen LogP contribution < -0.4 is 15.0 Å². The first kappa shape index (κ1) is 15.4. The monoisotopic (exact) mass is 330 g/mol. The zero-order valence-corrected chi connectivity index (χ0v) is 13.4. The van der Waals surface area contributed by atoms with Crippen LogP contribution in [0.15, 0.2) is 42.5 Å². The summed E-state index contributed by atoms with van der Waals surface area (Å²) in [5.41, 5.74) is 1.87. The fraction of sp³-hybridized carbons (Fsp3) is 0.176. The number of anilines is 2. The number of para-hydroxylation sites is 1. The lowest BCUT2D eigenvalue weighted by Crippen LogP contribution is -2.31. The molecule has 2 amide bonds. The van der Waals surface area contributed by atoms with Crippen LogP contribution in [0.4, 0.5) is 11.4 Å². The zero-order chi connectivity index (χ0) is 16.6. The average molecular weight is 331 g/mol. The number of hydrogen-bond acceptors (Lipinski definition) is 3. The molecular weight excluding hydrogens is 316 g/mol. The SMILES string of the molecule is COc1ccc(Cl)cc1NC(=O)C1C(=O)N(C)c2ccccc21. The van der Waals surface area contributed by atoms with E-state index in [0.29, 0.717) is 22.0 Å². The number of carbonyl (C=O) groups excluding carboxylic acids is 2. The quantitative estimate of drug-likeness (QED) is 0.880. The number of likely N-dealkylation sites (N-methyl/N-ethyl adjacent to an activating group) is 1. The van der Waals surface area contributed by atoms with Crippen LogP contribution in [-0.2, 0) is 9.59 Å². The molecule has 1 aliphatic rings. The van der Waals surface area contributed by atoms with Crippen molar-refractivity contribution in [3.05, 3.63) is 53.1 Å². The van der Waals surface area contributed by atoms with Crippen molar-refractivity contribution >= 4 is 34.8 Å². The Labute approximate surface area is 138 Å². The van der Waals surface area contributed by atoms with Gasteiger partial charge in [0, 0.05) is 17.8 Å². The van der Waals surface area contributed by atoms with E-state index in [1.165, 1.54) is 12.0 Å². The van der Waals surface area contributed by atoms with Gasteiger partial charge in [-0.25, -0.2) is 0 Å². The highest BCUT2D eigenvalue weighted by Crippen LogP contribution is 2.37. The van der Waals surface area contributed by atoms with Crippen LogP contribution in [-0.4, -0.2) is 26.0 Å². The first-order chi connectivity index (χ1) is 11.0. The Morgan fingerprint density at radius 1 is 1.26 bits per heavy atom. The second-order valence-electron chi connectivity index (χ2n) is 5.22. The molecule has 2 aromatic carbocycles. The molecule has 118 valence electrons.